The van der Waals surface area contributed by atoms with Crippen LogP contribution in [-0.2, 0) is 14.8 Å². The molecule has 19 heavy (non-hydrogen) atoms. The predicted octanol–water partition coefficient (Wildman–Crippen LogP) is 0.00614. The molecule has 0 bridgehead atoms. The Morgan fingerprint density at radius 2 is 1.84 bits per heavy atom. The van der Waals surface area contributed by atoms with Gasteiger partial charge in [0.05, 0.1) is 11.4 Å². The van der Waals surface area contributed by atoms with E-state index in [0.717, 1.165) is 0 Å². The molecule has 6 nitrogen and oxygen atoms in total. The number of hydrogen-bond donors (Lipinski definition) is 2. The van der Waals surface area contributed by atoms with Gasteiger partial charge in [-0.05, 0) is 37.1 Å². The number of nitrogen functional groups attached to an aromatic ring is 1. The number of aryl methyl sites for hydroxylation is 2. The number of rotatable bonds is 2. The van der Waals surface area contributed by atoms with Crippen LogP contribution in [0.25, 0.3) is 0 Å². The van der Waals surface area contributed by atoms with Crippen LogP contribution in [0.5, 0.6) is 0 Å². The monoisotopic (exact) mass is 283 g/mol. The third kappa shape index (κ3) is 2.57. The lowest BCUT2D eigenvalue weighted by atomic mass is 10.1. The van der Waals surface area contributed by atoms with Crippen molar-refractivity contribution in [3.05, 3.63) is 23.3 Å². The fourth-order valence-corrected chi connectivity index (χ4v) is 4.15. The first-order valence-electron chi connectivity index (χ1n) is 5.96. The number of nitrogens with one attached hydrogen (secondary N) is 1. The lowest BCUT2D eigenvalue weighted by Gasteiger charge is -2.27. The van der Waals surface area contributed by atoms with E-state index in [1.54, 1.807) is 26.0 Å². The van der Waals surface area contributed by atoms with Gasteiger partial charge in [0.1, 0.15) is 0 Å². The van der Waals surface area contributed by atoms with E-state index in [-0.39, 0.29) is 23.9 Å². The highest BCUT2D eigenvalue weighted by Gasteiger charge is 2.31. The Labute approximate surface area is 112 Å². The minimum absolute atomic E-state index is 0.133. The van der Waals surface area contributed by atoms with E-state index in [1.165, 1.54) is 4.31 Å². The van der Waals surface area contributed by atoms with Gasteiger partial charge >= 0.3 is 0 Å². The Kier molecular flexibility index (Phi) is 3.51. The fraction of sp³-hybridized carbons (Fsp3) is 0.417. The SMILES string of the molecule is Cc1cc(N)cc(C)c1S(=O)(=O)N1CCNC(=O)C1. The van der Waals surface area contributed by atoms with Gasteiger partial charge < -0.3 is 11.1 Å². The molecular formula is C12H17N3O3S. The molecule has 2 rings (SSSR count). The summed E-state index contributed by atoms with van der Waals surface area (Å²) in [6, 6.07) is 3.26. The second-order valence-corrected chi connectivity index (χ2v) is 6.55. The molecule has 1 aliphatic rings. The number of carbonyl (C=O) groups excluding carboxylic acids is 1. The maximum absolute atomic E-state index is 12.6. The molecule has 0 radical (unpaired) electrons. The molecule has 1 amide bonds. The molecule has 1 aliphatic heterocycles. The Hall–Kier alpha value is -1.60. The molecule has 0 atom stereocenters. The first-order valence-corrected chi connectivity index (χ1v) is 7.40. The zero-order valence-corrected chi connectivity index (χ0v) is 11.8. The van der Waals surface area contributed by atoms with Crippen LogP contribution < -0.4 is 11.1 Å². The van der Waals surface area contributed by atoms with Crippen LogP contribution in [0.15, 0.2) is 17.0 Å². The highest BCUT2D eigenvalue weighted by molar-refractivity contribution is 7.89. The summed E-state index contributed by atoms with van der Waals surface area (Å²) in [7, 11) is -3.66. The van der Waals surface area contributed by atoms with E-state index >= 15 is 0 Å². The summed E-state index contributed by atoms with van der Waals surface area (Å²) >= 11 is 0. The Morgan fingerprint density at radius 1 is 1.26 bits per heavy atom. The molecule has 1 fully saturated rings. The molecule has 7 heteroatoms. The van der Waals surface area contributed by atoms with Crippen molar-refractivity contribution in [2.75, 3.05) is 25.4 Å². The fourth-order valence-electron chi connectivity index (χ4n) is 2.34. The van der Waals surface area contributed by atoms with Crippen molar-refractivity contribution in [2.24, 2.45) is 0 Å². The van der Waals surface area contributed by atoms with Crippen molar-refractivity contribution in [3.8, 4) is 0 Å². The minimum Gasteiger partial charge on any atom is -0.399 e. The molecule has 1 aromatic carbocycles. The van der Waals surface area contributed by atoms with Crippen LogP contribution in [0.3, 0.4) is 0 Å². The van der Waals surface area contributed by atoms with E-state index in [4.69, 9.17) is 5.73 Å². The van der Waals surface area contributed by atoms with Crippen LogP contribution in [0.1, 0.15) is 11.1 Å². The van der Waals surface area contributed by atoms with Crippen LogP contribution in [0, 0.1) is 13.8 Å². The van der Waals surface area contributed by atoms with E-state index in [9.17, 15) is 13.2 Å². The van der Waals surface area contributed by atoms with Gasteiger partial charge in [0.15, 0.2) is 0 Å². The second kappa shape index (κ2) is 4.82. The molecule has 0 spiro atoms. The van der Waals surface area contributed by atoms with Crippen molar-refractivity contribution >= 4 is 21.6 Å². The largest absolute Gasteiger partial charge is 0.399 e. The summed E-state index contributed by atoms with van der Waals surface area (Å²) in [6.45, 7) is 3.91. The van der Waals surface area contributed by atoms with Crippen molar-refractivity contribution < 1.29 is 13.2 Å². The van der Waals surface area contributed by atoms with Crippen LogP contribution >= 0.6 is 0 Å². The molecular weight excluding hydrogens is 266 g/mol. The number of piperazine rings is 1. The van der Waals surface area contributed by atoms with Crippen molar-refractivity contribution in [1.29, 1.82) is 0 Å². The molecule has 0 saturated carbocycles. The maximum Gasteiger partial charge on any atom is 0.244 e. The highest BCUT2D eigenvalue weighted by Crippen LogP contribution is 2.26. The van der Waals surface area contributed by atoms with Gasteiger partial charge in [0, 0.05) is 18.8 Å². The first kappa shape index (κ1) is 13.8. The summed E-state index contributed by atoms with van der Waals surface area (Å²) in [5.74, 6) is -0.277. The van der Waals surface area contributed by atoms with E-state index in [2.05, 4.69) is 5.32 Å². The Balaban J connectivity index is 2.48. The highest BCUT2D eigenvalue weighted by atomic mass is 32.2. The van der Waals surface area contributed by atoms with Crippen molar-refractivity contribution in [1.82, 2.24) is 9.62 Å². The number of hydrogen-bond acceptors (Lipinski definition) is 4. The topological polar surface area (TPSA) is 92.5 Å². The molecule has 104 valence electrons. The number of amides is 1. The number of carbonyl (C=O) groups is 1. The third-order valence-corrected chi connectivity index (χ3v) is 5.24. The Morgan fingerprint density at radius 3 is 2.37 bits per heavy atom. The van der Waals surface area contributed by atoms with E-state index in [1.807, 2.05) is 0 Å². The van der Waals surface area contributed by atoms with Gasteiger partial charge in [-0.1, -0.05) is 0 Å². The van der Waals surface area contributed by atoms with Gasteiger partial charge in [-0.2, -0.15) is 4.31 Å². The third-order valence-electron chi connectivity index (χ3n) is 3.08. The average molecular weight is 283 g/mol. The second-order valence-electron chi connectivity index (χ2n) is 4.67. The van der Waals surface area contributed by atoms with Gasteiger partial charge in [0.2, 0.25) is 15.9 Å². The first-order chi connectivity index (χ1) is 8.82. The normalized spacial score (nSPS) is 17.3. The smallest absolute Gasteiger partial charge is 0.244 e. The lowest BCUT2D eigenvalue weighted by Crippen LogP contribution is -2.50. The maximum atomic E-state index is 12.6. The number of nitrogens with zero attached hydrogens (tertiary/aromatic N) is 1. The average Bonchev–Trinajstić information content (AvgIpc) is 2.26. The van der Waals surface area contributed by atoms with Gasteiger partial charge in [0.25, 0.3) is 0 Å². The molecule has 0 unspecified atom stereocenters. The van der Waals surface area contributed by atoms with Gasteiger partial charge in [-0.3, -0.25) is 4.79 Å². The van der Waals surface area contributed by atoms with Crippen LogP contribution in [0.4, 0.5) is 5.69 Å². The molecule has 0 aromatic heterocycles. The summed E-state index contributed by atoms with van der Waals surface area (Å²) < 4.78 is 26.4. The number of anilines is 1. The zero-order valence-electron chi connectivity index (χ0n) is 10.9. The van der Waals surface area contributed by atoms with Crippen molar-refractivity contribution in [2.45, 2.75) is 18.7 Å². The number of benzene rings is 1. The van der Waals surface area contributed by atoms with E-state index < -0.39 is 10.0 Å². The zero-order chi connectivity index (χ0) is 14.2. The molecule has 1 heterocycles. The molecule has 1 saturated heterocycles. The van der Waals surface area contributed by atoms with Crippen LogP contribution in [-0.4, -0.2) is 38.3 Å². The van der Waals surface area contributed by atoms with Crippen LogP contribution in [0.2, 0.25) is 0 Å². The minimum atomic E-state index is -3.66. The predicted molar refractivity (Wildman–Crippen MR) is 72.1 cm³/mol. The number of sulfonamides is 1. The summed E-state index contributed by atoms with van der Waals surface area (Å²) in [6.07, 6.45) is 0. The lowest BCUT2D eigenvalue weighted by molar-refractivity contribution is -0.122. The molecule has 0 aliphatic carbocycles. The number of nitrogens with two attached hydrogens (primary N) is 1. The quantitative estimate of drug-likeness (QED) is 0.748. The molecule has 3 N–H and O–H groups in total. The standard InChI is InChI=1S/C12H17N3O3S/c1-8-5-10(13)6-9(2)12(8)19(17,18)15-4-3-14-11(16)7-15/h5-6H,3-4,7,13H2,1-2H3,(H,14,16). The summed E-state index contributed by atoms with van der Waals surface area (Å²) in [4.78, 5) is 11.6. The van der Waals surface area contributed by atoms with Gasteiger partial charge in [-0.25, -0.2) is 8.42 Å². The Bertz CT molecular complexity index is 602. The van der Waals surface area contributed by atoms with Crippen molar-refractivity contribution in [3.63, 3.8) is 0 Å². The van der Waals surface area contributed by atoms with E-state index in [0.29, 0.717) is 23.4 Å². The summed E-state index contributed by atoms with van der Waals surface area (Å²) in [5.41, 5.74) is 7.43. The van der Waals surface area contributed by atoms with Gasteiger partial charge in [-0.15, -0.1) is 0 Å². The summed E-state index contributed by atoms with van der Waals surface area (Å²) in [5, 5.41) is 2.61. The molecule has 1 aromatic rings.